The number of nitriles is 1. The highest BCUT2D eigenvalue weighted by atomic mass is 19.1. The molecule has 3 heteroatoms. The smallest absolute Gasteiger partial charge is 0.165 e. The third-order valence-corrected chi connectivity index (χ3v) is 1.67. The maximum atomic E-state index is 12.7. The van der Waals surface area contributed by atoms with Gasteiger partial charge in [-0.25, -0.2) is 4.39 Å². The Bertz CT molecular complexity index is 341. The van der Waals surface area contributed by atoms with E-state index in [9.17, 15) is 4.39 Å². The van der Waals surface area contributed by atoms with Crippen molar-refractivity contribution in [3.8, 4) is 11.8 Å². The van der Waals surface area contributed by atoms with E-state index < -0.39 is 11.6 Å². The second-order valence-electron chi connectivity index (χ2n) is 2.56. The zero-order valence-corrected chi connectivity index (χ0v) is 6.63. The van der Waals surface area contributed by atoms with Gasteiger partial charge in [-0.15, -0.1) is 0 Å². The molecule has 0 saturated heterocycles. The lowest BCUT2D eigenvalue weighted by Crippen LogP contribution is -1.89. The van der Waals surface area contributed by atoms with Crippen LogP contribution in [0, 0.1) is 24.1 Å². The summed E-state index contributed by atoms with van der Waals surface area (Å²) >= 11 is 0. The largest absolute Gasteiger partial charge is 0.505 e. The number of phenols is 1. The minimum absolute atomic E-state index is 0.194. The number of phenolic OH excluding ortho intramolecular Hbond substituents is 1. The minimum atomic E-state index is -0.644. The van der Waals surface area contributed by atoms with Gasteiger partial charge in [-0.1, -0.05) is 0 Å². The van der Waals surface area contributed by atoms with Gasteiger partial charge in [0.05, 0.1) is 12.5 Å². The Morgan fingerprint density at radius 2 is 2.25 bits per heavy atom. The van der Waals surface area contributed by atoms with E-state index in [0.29, 0.717) is 11.1 Å². The quantitative estimate of drug-likeness (QED) is 0.690. The third kappa shape index (κ3) is 1.54. The van der Waals surface area contributed by atoms with Gasteiger partial charge in [0.1, 0.15) is 0 Å². The summed E-state index contributed by atoms with van der Waals surface area (Å²) in [7, 11) is 0. The number of halogens is 1. The molecule has 12 heavy (non-hydrogen) atoms. The highest BCUT2D eigenvalue weighted by Crippen LogP contribution is 2.20. The van der Waals surface area contributed by atoms with E-state index in [1.165, 1.54) is 12.1 Å². The molecule has 0 atom stereocenters. The van der Waals surface area contributed by atoms with E-state index in [0.717, 1.165) is 0 Å². The Morgan fingerprint density at radius 1 is 1.58 bits per heavy atom. The van der Waals surface area contributed by atoms with Crippen molar-refractivity contribution in [2.75, 3.05) is 0 Å². The molecular formula is C9H8FNO. The summed E-state index contributed by atoms with van der Waals surface area (Å²) in [6.45, 7) is 1.70. The van der Waals surface area contributed by atoms with Crippen LogP contribution in [-0.2, 0) is 6.42 Å². The van der Waals surface area contributed by atoms with Gasteiger partial charge >= 0.3 is 0 Å². The number of aromatic hydroxyl groups is 1. The molecule has 0 spiro atoms. The fourth-order valence-corrected chi connectivity index (χ4v) is 0.980. The van der Waals surface area contributed by atoms with Gasteiger partial charge < -0.3 is 5.11 Å². The van der Waals surface area contributed by atoms with Crippen LogP contribution >= 0.6 is 0 Å². The van der Waals surface area contributed by atoms with Crippen LogP contribution in [0.4, 0.5) is 4.39 Å². The third-order valence-electron chi connectivity index (χ3n) is 1.67. The van der Waals surface area contributed by atoms with Crippen LogP contribution in [0.3, 0.4) is 0 Å². The van der Waals surface area contributed by atoms with Gasteiger partial charge in [0, 0.05) is 0 Å². The minimum Gasteiger partial charge on any atom is -0.505 e. The Hall–Kier alpha value is -1.56. The molecule has 0 aromatic heterocycles. The molecule has 2 nitrogen and oxygen atoms in total. The zero-order valence-electron chi connectivity index (χ0n) is 6.63. The molecule has 0 fully saturated rings. The van der Waals surface area contributed by atoms with Crippen molar-refractivity contribution in [2.45, 2.75) is 13.3 Å². The van der Waals surface area contributed by atoms with Crippen LogP contribution < -0.4 is 0 Å². The molecule has 0 aliphatic rings. The van der Waals surface area contributed by atoms with E-state index >= 15 is 0 Å². The fraction of sp³-hybridized carbons (Fsp3) is 0.222. The molecule has 0 aliphatic carbocycles. The first kappa shape index (κ1) is 8.54. The normalized spacial score (nSPS) is 9.42. The van der Waals surface area contributed by atoms with Crippen molar-refractivity contribution in [1.82, 2.24) is 0 Å². The summed E-state index contributed by atoms with van der Waals surface area (Å²) in [4.78, 5) is 0. The number of aryl methyl sites for hydroxylation is 1. The molecule has 1 rings (SSSR count). The lowest BCUT2D eigenvalue weighted by Gasteiger charge is -2.02. The first-order valence-electron chi connectivity index (χ1n) is 3.50. The highest BCUT2D eigenvalue weighted by molar-refractivity contribution is 5.36. The molecular weight excluding hydrogens is 157 g/mol. The average molecular weight is 165 g/mol. The van der Waals surface area contributed by atoms with Crippen molar-refractivity contribution in [2.24, 2.45) is 0 Å². The number of nitrogens with zero attached hydrogens (tertiary/aromatic N) is 1. The fourth-order valence-electron chi connectivity index (χ4n) is 0.980. The van der Waals surface area contributed by atoms with Gasteiger partial charge in [0.2, 0.25) is 0 Å². The van der Waals surface area contributed by atoms with Crippen molar-refractivity contribution in [3.05, 3.63) is 29.1 Å². The Morgan fingerprint density at radius 3 is 2.83 bits per heavy atom. The van der Waals surface area contributed by atoms with Gasteiger partial charge in [-0.3, -0.25) is 0 Å². The molecule has 0 aliphatic heterocycles. The van der Waals surface area contributed by atoms with Gasteiger partial charge in [-0.2, -0.15) is 5.26 Å². The van der Waals surface area contributed by atoms with Crippen LogP contribution in [0.5, 0.6) is 5.75 Å². The van der Waals surface area contributed by atoms with E-state index in [1.54, 1.807) is 6.92 Å². The molecule has 0 bridgehead atoms. The van der Waals surface area contributed by atoms with E-state index in [1.807, 2.05) is 6.07 Å². The summed E-state index contributed by atoms with van der Waals surface area (Å²) in [5, 5.41) is 17.3. The Labute approximate surface area is 69.9 Å². The first-order chi connectivity index (χ1) is 5.65. The second-order valence-corrected chi connectivity index (χ2v) is 2.56. The summed E-state index contributed by atoms with van der Waals surface area (Å²) in [5.41, 5.74) is 1.35. The van der Waals surface area contributed by atoms with Crippen LogP contribution in [0.1, 0.15) is 11.1 Å². The second kappa shape index (κ2) is 3.22. The lowest BCUT2D eigenvalue weighted by molar-refractivity contribution is 0.431. The Kier molecular flexibility index (Phi) is 2.29. The molecule has 0 unspecified atom stereocenters. The molecule has 0 radical (unpaired) electrons. The van der Waals surface area contributed by atoms with Crippen molar-refractivity contribution in [3.63, 3.8) is 0 Å². The maximum Gasteiger partial charge on any atom is 0.165 e. The van der Waals surface area contributed by atoms with E-state index in [-0.39, 0.29) is 6.42 Å². The van der Waals surface area contributed by atoms with Gasteiger partial charge in [0.25, 0.3) is 0 Å². The number of hydrogen-bond donors (Lipinski definition) is 1. The van der Waals surface area contributed by atoms with Crippen LogP contribution in [-0.4, -0.2) is 5.11 Å². The topological polar surface area (TPSA) is 44.0 Å². The standard InChI is InChI=1S/C9H8FNO/c1-6-4-8(10)9(12)5-7(6)2-3-11/h4-5,12H,2H2,1H3. The average Bonchev–Trinajstić information content (AvgIpc) is 2.01. The molecule has 62 valence electrons. The molecule has 0 saturated carbocycles. The van der Waals surface area contributed by atoms with E-state index in [4.69, 9.17) is 10.4 Å². The van der Waals surface area contributed by atoms with Gasteiger partial charge in [0.15, 0.2) is 11.6 Å². The van der Waals surface area contributed by atoms with Crippen molar-refractivity contribution >= 4 is 0 Å². The van der Waals surface area contributed by atoms with Crippen LogP contribution in [0.25, 0.3) is 0 Å². The number of rotatable bonds is 1. The summed E-state index contributed by atoms with van der Waals surface area (Å²) < 4.78 is 12.7. The first-order valence-corrected chi connectivity index (χ1v) is 3.50. The molecule has 1 N–H and O–H groups in total. The Balaban J connectivity index is 3.16. The van der Waals surface area contributed by atoms with Crippen LogP contribution in [0.2, 0.25) is 0 Å². The molecule has 1 aromatic carbocycles. The highest BCUT2D eigenvalue weighted by Gasteiger charge is 2.04. The van der Waals surface area contributed by atoms with Crippen LogP contribution in [0.15, 0.2) is 12.1 Å². The maximum absolute atomic E-state index is 12.7. The predicted molar refractivity (Wildman–Crippen MR) is 42.1 cm³/mol. The summed E-state index contributed by atoms with van der Waals surface area (Å²) in [6.07, 6.45) is 0.194. The lowest BCUT2D eigenvalue weighted by atomic mass is 10.1. The van der Waals surface area contributed by atoms with Gasteiger partial charge in [-0.05, 0) is 30.2 Å². The number of hydrogen-bond acceptors (Lipinski definition) is 2. The number of benzene rings is 1. The molecule has 0 heterocycles. The van der Waals surface area contributed by atoms with Crippen molar-refractivity contribution < 1.29 is 9.50 Å². The SMILES string of the molecule is Cc1cc(F)c(O)cc1CC#N. The monoisotopic (exact) mass is 165 g/mol. The molecule has 0 amide bonds. The summed E-state index contributed by atoms with van der Waals surface area (Å²) in [5.74, 6) is -1.04. The van der Waals surface area contributed by atoms with E-state index in [2.05, 4.69) is 0 Å². The molecule has 1 aromatic rings. The van der Waals surface area contributed by atoms with Crippen molar-refractivity contribution in [1.29, 1.82) is 5.26 Å². The zero-order chi connectivity index (χ0) is 9.14. The predicted octanol–water partition coefficient (Wildman–Crippen LogP) is 1.91. The summed E-state index contributed by atoms with van der Waals surface area (Å²) in [6, 6.07) is 4.45.